The molecule has 1 aromatic heterocycles. The van der Waals surface area contributed by atoms with Gasteiger partial charge in [0, 0.05) is 6.42 Å². The predicted octanol–water partition coefficient (Wildman–Crippen LogP) is 1.93. The summed E-state index contributed by atoms with van der Waals surface area (Å²) in [7, 11) is 0. The molecule has 0 saturated carbocycles. The van der Waals surface area contributed by atoms with Gasteiger partial charge >= 0.3 is 5.97 Å². The zero-order valence-corrected chi connectivity index (χ0v) is 10.8. The number of hydrogen-bond donors (Lipinski definition) is 1. The van der Waals surface area contributed by atoms with Crippen LogP contribution in [0.3, 0.4) is 0 Å². The van der Waals surface area contributed by atoms with Gasteiger partial charge in [-0.3, -0.25) is 0 Å². The molecule has 0 unspecified atom stereocenters. The lowest BCUT2D eigenvalue weighted by Gasteiger charge is -2.06. The van der Waals surface area contributed by atoms with Crippen molar-refractivity contribution in [2.75, 3.05) is 6.61 Å². The van der Waals surface area contributed by atoms with Gasteiger partial charge in [-0.1, -0.05) is 6.92 Å². The van der Waals surface area contributed by atoms with Gasteiger partial charge in [0.2, 0.25) is 0 Å². The van der Waals surface area contributed by atoms with Crippen LogP contribution in [0, 0.1) is 0 Å². The highest BCUT2D eigenvalue weighted by Crippen LogP contribution is 2.16. The minimum atomic E-state index is -1.13. The number of aromatic nitrogens is 3. The Bertz CT molecular complexity index is 575. The SMILES string of the molecule is CCOc1ccc(-n2nc(C(=O)O)nc2CC)cc1. The van der Waals surface area contributed by atoms with Gasteiger partial charge in [-0.15, -0.1) is 5.10 Å². The first-order chi connectivity index (χ1) is 9.15. The summed E-state index contributed by atoms with van der Waals surface area (Å²) in [5.41, 5.74) is 0.764. The van der Waals surface area contributed by atoms with Crippen molar-refractivity contribution in [2.24, 2.45) is 0 Å². The van der Waals surface area contributed by atoms with Crippen LogP contribution < -0.4 is 4.74 Å². The average molecular weight is 261 g/mol. The van der Waals surface area contributed by atoms with E-state index in [1.54, 1.807) is 4.68 Å². The van der Waals surface area contributed by atoms with E-state index >= 15 is 0 Å². The molecule has 0 radical (unpaired) electrons. The topological polar surface area (TPSA) is 77.2 Å². The van der Waals surface area contributed by atoms with Crippen molar-refractivity contribution in [3.8, 4) is 11.4 Å². The Hall–Kier alpha value is -2.37. The molecular formula is C13H15N3O3. The van der Waals surface area contributed by atoms with E-state index in [4.69, 9.17) is 9.84 Å². The number of hydrogen-bond acceptors (Lipinski definition) is 4. The van der Waals surface area contributed by atoms with Crippen molar-refractivity contribution >= 4 is 5.97 Å². The van der Waals surface area contributed by atoms with Gasteiger partial charge in [-0.25, -0.2) is 14.5 Å². The van der Waals surface area contributed by atoms with Gasteiger partial charge in [0.05, 0.1) is 12.3 Å². The van der Waals surface area contributed by atoms with Crippen molar-refractivity contribution in [3.63, 3.8) is 0 Å². The van der Waals surface area contributed by atoms with Gasteiger partial charge in [-0.05, 0) is 31.2 Å². The maximum absolute atomic E-state index is 10.9. The summed E-state index contributed by atoms with van der Waals surface area (Å²) in [6.07, 6.45) is 0.605. The van der Waals surface area contributed by atoms with Crippen molar-refractivity contribution in [2.45, 2.75) is 20.3 Å². The first kappa shape index (κ1) is 13.1. The summed E-state index contributed by atoms with van der Waals surface area (Å²) in [6.45, 7) is 4.42. The minimum Gasteiger partial charge on any atom is -0.494 e. The Balaban J connectivity index is 2.37. The lowest BCUT2D eigenvalue weighted by Crippen LogP contribution is -2.03. The largest absolute Gasteiger partial charge is 0.494 e. The van der Waals surface area contributed by atoms with E-state index in [2.05, 4.69) is 10.1 Å². The standard InChI is InChI=1S/C13H15N3O3/c1-3-11-14-12(13(17)18)15-16(11)9-5-7-10(8-6-9)19-4-2/h5-8H,3-4H2,1-2H3,(H,17,18). The van der Waals surface area contributed by atoms with Crippen molar-refractivity contribution < 1.29 is 14.6 Å². The Labute approximate surface area is 110 Å². The molecule has 0 aliphatic heterocycles. The molecule has 100 valence electrons. The van der Waals surface area contributed by atoms with E-state index in [1.165, 1.54) is 0 Å². The second-order valence-corrected chi connectivity index (χ2v) is 3.85. The summed E-state index contributed by atoms with van der Waals surface area (Å²) in [6, 6.07) is 7.29. The quantitative estimate of drug-likeness (QED) is 0.889. The Morgan fingerprint density at radius 1 is 1.32 bits per heavy atom. The number of aromatic carboxylic acids is 1. The van der Waals surface area contributed by atoms with E-state index in [-0.39, 0.29) is 5.82 Å². The third-order valence-electron chi connectivity index (χ3n) is 2.57. The van der Waals surface area contributed by atoms with E-state index in [9.17, 15) is 4.79 Å². The summed E-state index contributed by atoms with van der Waals surface area (Å²) in [4.78, 5) is 14.9. The molecular weight excluding hydrogens is 246 g/mol. The molecule has 0 aliphatic rings. The zero-order chi connectivity index (χ0) is 13.8. The lowest BCUT2D eigenvalue weighted by molar-refractivity contribution is 0.0683. The summed E-state index contributed by atoms with van der Waals surface area (Å²) in [5, 5.41) is 12.9. The van der Waals surface area contributed by atoms with Crippen LogP contribution in [0.15, 0.2) is 24.3 Å². The molecule has 0 atom stereocenters. The number of aryl methyl sites for hydroxylation is 1. The van der Waals surface area contributed by atoms with Crippen LogP contribution in [0.2, 0.25) is 0 Å². The van der Waals surface area contributed by atoms with Gasteiger partial charge < -0.3 is 9.84 Å². The summed E-state index contributed by atoms with van der Waals surface area (Å²) in [5.74, 6) is 0.0644. The second-order valence-electron chi connectivity index (χ2n) is 3.85. The molecule has 6 heteroatoms. The summed E-state index contributed by atoms with van der Waals surface area (Å²) >= 11 is 0. The molecule has 0 fully saturated rings. The Morgan fingerprint density at radius 3 is 2.53 bits per heavy atom. The van der Waals surface area contributed by atoms with Crippen molar-refractivity contribution in [3.05, 3.63) is 35.9 Å². The molecule has 0 aliphatic carbocycles. The molecule has 6 nitrogen and oxygen atoms in total. The van der Waals surface area contributed by atoms with Crippen LogP contribution in [-0.4, -0.2) is 32.4 Å². The third kappa shape index (κ3) is 2.73. The molecule has 2 rings (SSSR count). The fraction of sp³-hybridized carbons (Fsp3) is 0.308. The van der Waals surface area contributed by atoms with Gasteiger partial charge in [0.15, 0.2) is 0 Å². The van der Waals surface area contributed by atoms with E-state index in [0.717, 1.165) is 11.4 Å². The van der Waals surface area contributed by atoms with Crippen molar-refractivity contribution in [1.82, 2.24) is 14.8 Å². The number of rotatable bonds is 5. The normalized spacial score (nSPS) is 10.4. The molecule has 0 saturated heterocycles. The third-order valence-corrected chi connectivity index (χ3v) is 2.57. The lowest BCUT2D eigenvalue weighted by atomic mass is 10.3. The second kappa shape index (κ2) is 5.51. The van der Waals surface area contributed by atoms with Crippen LogP contribution in [-0.2, 0) is 6.42 Å². The van der Waals surface area contributed by atoms with E-state index < -0.39 is 5.97 Å². The number of carbonyl (C=O) groups is 1. The average Bonchev–Trinajstić information content (AvgIpc) is 2.84. The molecule has 2 aromatic rings. The van der Waals surface area contributed by atoms with Crippen LogP contribution in [0.25, 0.3) is 5.69 Å². The first-order valence-electron chi connectivity index (χ1n) is 6.08. The highest BCUT2D eigenvalue weighted by Gasteiger charge is 2.15. The smallest absolute Gasteiger partial charge is 0.375 e. The van der Waals surface area contributed by atoms with Gasteiger partial charge in [-0.2, -0.15) is 0 Å². The molecule has 0 bridgehead atoms. The molecule has 19 heavy (non-hydrogen) atoms. The fourth-order valence-corrected chi connectivity index (χ4v) is 1.72. The van der Waals surface area contributed by atoms with Crippen LogP contribution in [0.5, 0.6) is 5.75 Å². The van der Waals surface area contributed by atoms with Crippen molar-refractivity contribution in [1.29, 1.82) is 0 Å². The van der Waals surface area contributed by atoms with Crippen LogP contribution in [0.4, 0.5) is 0 Å². The zero-order valence-electron chi connectivity index (χ0n) is 10.8. The molecule has 0 spiro atoms. The number of carboxylic acid groups (broad SMARTS) is 1. The fourth-order valence-electron chi connectivity index (χ4n) is 1.72. The molecule has 1 aromatic carbocycles. The number of ether oxygens (including phenoxy) is 1. The Morgan fingerprint density at radius 2 is 2.00 bits per heavy atom. The number of carboxylic acids is 1. The maximum Gasteiger partial charge on any atom is 0.375 e. The van der Waals surface area contributed by atoms with Gasteiger partial charge in [0.1, 0.15) is 11.6 Å². The predicted molar refractivity (Wildman–Crippen MR) is 68.9 cm³/mol. The minimum absolute atomic E-state index is 0.189. The Kier molecular flexibility index (Phi) is 3.79. The molecule has 1 N–H and O–H groups in total. The highest BCUT2D eigenvalue weighted by atomic mass is 16.5. The maximum atomic E-state index is 10.9. The molecule has 0 amide bonds. The summed E-state index contributed by atoms with van der Waals surface area (Å²) < 4.78 is 6.90. The number of nitrogens with zero attached hydrogens (tertiary/aromatic N) is 3. The van der Waals surface area contributed by atoms with E-state index in [1.807, 2.05) is 38.1 Å². The van der Waals surface area contributed by atoms with Gasteiger partial charge in [0.25, 0.3) is 5.82 Å². The molecule has 1 heterocycles. The number of benzene rings is 1. The van der Waals surface area contributed by atoms with Crippen LogP contribution in [0.1, 0.15) is 30.3 Å². The van der Waals surface area contributed by atoms with Crippen LogP contribution >= 0.6 is 0 Å². The first-order valence-corrected chi connectivity index (χ1v) is 6.08. The van der Waals surface area contributed by atoms with E-state index in [0.29, 0.717) is 18.9 Å². The monoisotopic (exact) mass is 261 g/mol. The highest BCUT2D eigenvalue weighted by molar-refractivity contribution is 5.83.